The van der Waals surface area contributed by atoms with Crippen LogP contribution in [-0.4, -0.2) is 70.1 Å². The normalized spacial score (nSPS) is 24.5. The van der Waals surface area contributed by atoms with Gasteiger partial charge in [0, 0.05) is 24.0 Å². The van der Waals surface area contributed by atoms with Crippen LogP contribution in [0.4, 0.5) is 5.82 Å². The van der Waals surface area contributed by atoms with Crippen LogP contribution in [0.25, 0.3) is 5.65 Å². The summed E-state index contributed by atoms with van der Waals surface area (Å²) in [7, 11) is -9.46. The molecule has 190 valence electrons. The minimum absolute atomic E-state index is 0.375. The van der Waals surface area contributed by atoms with Crippen molar-refractivity contribution in [1.29, 1.82) is 0 Å². The summed E-state index contributed by atoms with van der Waals surface area (Å²) in [5.41, 5.74) is 1.64. The molecule has 1 aliphatic heterocycles. The van der Waals surface area contributed by atoms with Crippen LogP contribution >= 0.6 is 26.8 Å². The number of anilines is 1. The topological polar surface area (TPSA) is 196 Å². The van der Waals surface area contributed by atoms with Crippen molar-refractivity contribution in [2.45, 2.75) is 31.0 Å². The van der Waals surface area contributed by atoms with Crippen LogP contribution in [0.15, 0.2) is 42.9 Å². The highest BCUT2D eigenvalue weighted by molar-refractivity contribution is 7.70. The molecule has 0 amide bonds. The molecule has 1 fully saturated rings. The van der Waals surface area contributed by atoms with Gasteiger partial charge in [0.1, 0.15) is 24.4 Å². The Morgan fingerprint density at radius 2 is 1.89 bits per heavy atom. The highest BCUT2D eigenvalue weighted by Gasteiger charge is 2.46. The van der Waals surface area contributed by atoms with Crippen molar-refractivity contribution in [3.05, 3.63) is 59.1 Å². The van der Waals surface area contributed by atoms with Crippen molar-refractivity contribution in [3.63, 3.8) is 0 Å². The van der Waals surface area contributed by atoms with Crippen LogP contribution in [0.2, 0.25) is 5.02 Å². The van der Waals surface area contributed by atoms with E-state index in [9.17, 15) is 24.2 Å². The molecule has 5 atom stereocenters. The predicted molar refractivity (Wildman–Crippen MR) is 124 cm³/mol. The minimum Gasteiger partial charge on any atom is -0.387 e. The van der Waals surface area contributed by atoms with Gasteiger partial charge in [-0.3, -0.25) is 13.5 Å². The van der Waals surface area contributed by atoms with Crippen molar-refractivity contribution in [3.8, 4) is 0 Å². The molecule has 1 saturated heterocycles. The summed E-state index contributed by atoms with van der Waals surface area (Å²) in [5, 5.41) is 24.7. The van der Waals surface area contributed by atoms with Crippen LogP contribution < -0.4 is 5.32 Å². The molecular weight excluding hydrogens is 526 g/mol. The van der Waals surface area contributed by atoms with Gasteiger partial charge in [-0.15, -0.1) is 0 Å². The zero-order valence-corrected chi connectivity index (χ0v) is 20.5. The zero-order valence-electron chi connectivity index (χ0n) is 18.0. The average molecular weight is 549 g/mol. The van der Waals surface area contributed by atoms with Crippen molar-refractivity contribution in [2.24, 2.45) is 0 Å². The lowest BCUT2D eigenvalue weighted by Gasteiger charge is -2.18. The Bertz CT molecular complexity index is 1300. The lowest BCUT2D eigenvalue weighted by molar-refractivity contribution is -0.0201. The molecule has 0 saturated carbocycles. The summed E-state index contributed by atoms with van der Waals surface area (Å²) in [4.78, 5) is 36.1. The maximum atomic E-state index is 11.9. The molecule has 1 aliphatic rings. The number of rotatable bonds is 9. The van der Waals surface area contributed by atoms with Gasteiger partial charge in [0.25, 0.3) is 0 Å². The second-order valence-corrected chi connectivity index (χ2v) is 12.3. The molecule has 35 heavy (non-hydrogen) atoms. The van der Waals surface area contributed by atoms with Gasteiger partial charge < -0.3 is 39.5 Å². The van der Waals surface area contributed by atoms with Gasteiger partial charge in [-0.05, 0) is 11.6 Å². The van der Waals surface area contributed by atoms with Gasteiger partial charge >= 0.3 is 15.2 Å². The number of benzene rings is 1. The van der Waals surface area contributed by atoms with E-state index in [1.807, 2.05) is 18.2 Å². The maximum absolute atomic E-state index is 11.9. The number of aliphatic hydroxyl groups is 2. The Labute approximate surface area is 204 Å². The third-order valence-electron chi connectivity index (χ3n) is 5.32. The summed E-state index contributed by atoms with van der Waals surface area (Å²) in [5.74, 6) is -0.941. The van der Waals surface area contributed by atoms with E-state index in [1.54, 1.807) is 16.7 Å². The first-order valence-electron chi connectivity index (χ1n) is 10.3. The van der Waals surface area contributed by atoms with E-state index in [1.165, 1.54) is 12.4 Å². The van der Waals surface area contributed by atoms with Gasteiger partial charge in [-0.1, -0.05) is 29.8 Å². The highest BCUT2D eigenvalue weighted by atomic mass is 35.5. The van der Waals surface area contributed by atoms with E-state index in [0.29, 0.717) is 28.7 Å². The summed E-state index contributed by atoms with van der Waals surface area (Å²) >= 11 is 6.20. The highest BCUT2D eigenvalue weighted by Crippen LogP contribution is 2.55. The Balaban J connectivity index is 1.49. The lowest BCUT2D eigenvalue weighted by Crippen LogP contribution is -2.33. The number of ether oxygens (including phenoxy) is 1. The molecule has 1 unspecified atom stereocenters. The number of imidazole rings is 1. The molecule has 1 aromatic carbocycles. The number of hydrogen-bond acceptors (Lipinski definition) is 9. The molecular formula is C19H23ClN4O9P2. The van der Waals surface area contributed by atoms with Gasteiger partial charge in [0.15, 0.2) is 17.4 Å². The van der Waals surface area contributed by atoms with Gasteiger partial charge in [-0.2, -0.15) is 0 Å². The van der Waals surface area contributed by atoms with E-state index in [0.717, 1.165) is 5.56 Å². The summed E-state index contributed by atoms with van der Waals surface area (Å²) in [6.07, 6.45) is -0.713. The Morgan fingerprint density at radius 1 is 1.14 bits per heavy atom. The summed E-state index contributed by atoms with van der Waals surface area (Å²) in [6, 6.07) is 7.31. The molecule has 0 bridgehead atoms. The molecule has 4 rings (SSSR count). The van der Waals surface area contributed by atoms with Gasteiger partial charge in [0.05, 0.1) is 18.5 Å². The van der Waals surface area contributed by atoms with Gasteiger partial charge in [-0.25, -0.2) is 9.97 Å². The van der Waals surface area contributed by atoms with E-state index in [-0.39, 0.29) is 0 Å². The molecule has 0 spiro atoms. The second kappa shape index (κ2) is 10.2. The molecule has 16 heteroatoms. The first-order chi connectivity index (χ1) is 16.5. The fourth-order valence-electron chi connectivity index (χ4n) is 3.69. The third-order valence-corrected chi connectivity index (χ3v) is 9.14. The lowest BCUT2D eigenvalue weighted by atomic mass is 10.1. The molecule has 6 N–H and O–H groups in total. The number of nitrogens with zero attached hydrogens (tertiary/aromatic N) is 3. The molecule has 0 aliphatic carbocycles. The Morgan fingerprint density at radius 3 is 2.60 bits per heavy atom. The van der Waals surface area contributed by atoms with Crippen LogP contribution in [0.1, 0.15) is 17.4 Å². The minimum atomic E-state index is -4.81. The first-order valence-corrected chi connectivity index (χ1v) is 14.2. The third kappa shape index (κ3) is 6.10. The van der Waals surface area contributed by atoms with Crippen molar-refractivity contribution in [2.75, 3.05) is 17.8 Å². The van der Waals surface area contributed by atoms with E-state index in [4.69, 9.17) is 30.6 Å². The van der Waals surface area contributed by atoms with E-state index < -0.39 is 52.1 Å². The molecule has 0 radical (unpaired) electrons. The first kappa shape index (κ1) is 26.2. The van der Waals surface area contributed by atoms with Crippen molar-refractivity contribution >= 4 is 38.3 Å². The van der Waals surface area contributed by atoms with Crippen LogP contribution in [0.5, 0.6) is 0 Å². The quantitative estimate of drug-likeness (QED) is 0.211. The number of aliphatic hydroxyl groups excluding tert-OH is 2. The summed E-state index contributed by atoms with van der Waals surface area (Å²) < 4.78 is 34.9. The molecule has 2 aromatic heterocycles. The number of fused-ring (bicyclic) bond motifs is 1. The van der Waals surface area contributed by atoms with Crippen LogP contribution in [0.3, 0.4) is 0 Å². The number of nitrogens with one attached hydrogen (secondary N) is 1. The Hall–Kier alpha value is -1.89. The molecule has 3 heterocycles. The fraction of sp³-hybridized carbons (Fsp3) is 0.368. The van der Waals surface area contributed by atoms with Gasteiger partial charge in [0.2, 0.25) is 0 Å². The second-order valence-electron chi connectivity index (χ2n) is 7.91. The standard InChI is InChI=1S/C19H23ClN4O9P2/c20-12-4-2-1-3-11(12)7-22-18-19-23-8-13(24(19)6-5-21-18)17-16(26)15(25)14(33-17)9-32-35(30,31)10-34(27,28)29/h1-6,8,14-17,25-26H,7,9-10H2,(H,21,22)(H,30,31)(H2,27,28,29)/t14-,15-,16-,17+/m1/s1. The van der Waals surface area contributed by atoms with E-state index >= 15 is 0 Å². The average Bonchev–Trinajstić information content (AvgIpc) is 3.32. The molecule has 3 aromatic rings. The predicted octanol–water partition coefficient (Wildman–Crippen LogP) is 1.49. The number of halogens is 1. The van der Waals surface area contributed by atoms with Crippen LogP contribution in [-0.2, 0) is 24.9 Å². The Kier molecular flexibility index (Phi) is 7.65. The fourth-order valence-corrected chi connectivity index (χ4v) is 6.46. The van der Waals surface area contributed by atoms with Crippen molar-refractivity contribution < 1.29 is 43.3 Å². The van der Waals surface area contributed by atoms with Crippen LogP contribution in [0, 0.1) is 0 Å². The summed E-state index contributed by atoms with van der Waals surface area (Å²) in [6.45, 7) is -0.295. The maximum Gasteiger partial charge on any atom is 0.340 e. The van der Waals surface area contributed by atoms with Crippen molar-refractivity contribution in [1.82, 2.24) is 14.4 Å². The largest absolute Gasteiger partial charge is 0.387 e. The monoisotopic (exact) mass is 548 g/mol. The smallest absolute Gasteiger partial charge is 0.340 e. The zero-order chi connectivity index (χ0) is 25.4. The number of aromatic nitrogens is 3. The van der Waals surface area contributed by atoms with E-state index in [2.05, 4.69) is 15.3 Å². The molecule has 13 nitrogen and oxygen atoms in total. The number of hydrogen-bond donors (Lipinski definition) is 6. The SMILES string of the molecule is O=P(O)(O)CP(=O)(O)OC[C@H]1O[C@@H](c2cnc3c(NCc4ccccc4Cl)nccn23)[C@H](O)[C@@H]1O.